The summed E-state index contributed by atoms with van der Waals surface area (Å²) in [5.41, 5.74) is 1.92. The molecule has 0 atom stereocenters. The van der Waals surface area contributed by atoms with Gasteiger partial charge in [-0.15, -0.1) is 0 Å². The van der Waals surface area contributed by atoms with E-state index >= 15 is 0 Å². The first-order valence-corrected chi connectivity index (χ1v) is 8.12. The van der Waals surface area contributed by atoms with Crippen molar-refractivity contribution in [1.82, 2.24) is 20.2 Å². The lowest BCUT2D eigenvalue weighted by Gasteiger charge is -2.08. The van der Waals surface area contributed by atoms with Gasteiger partial charge in [0.05, 0.1) is 22.6 Å². The number of hydrogen-bond acceptors (Lipinski definition) is 4. The van der Waals surface area contributed by atoms with Crippen LogP contribution in [0.5, 0.6) is 0 Å². The highest BCUT2D eigenvalue weighted by atomic mass is 35.5. The summed E-state index contributed by atoms with van der Waals surface area (Å²) in [7, 11) is 0. The molecule has 25 heavy (non-hydrogen) atoms. The van der Waals surface area contributed by atoms with Crippen molar-refractivity contribution < 1.29 is 9.18 Å². The Kier molecular flexibility index (Phi) is 3.93. The number of aromatic nitrogens is 4. The average Bonchev–Trinajstić information content (AvgIpc) is 3.31. The van der Waals surface area contributed by atoms with E-state index in [0.29, 0.717) is 27.7 Å². The average molecular weight is 358 g/mol. The zero-order chi connectivity index (χ0) is 17.4. The molecule has 1 aliphatic rings. The first kappa shape index (κ1) is 15.7. The van der Waals surface area contributed by atoms with Gasteiger partial charge in [0.15, 0.2) is 5.65 Å². The Labute approximate surface area is 147 Å². The van der Waals surface area contributed by atoms with Gasteiger partial charge < -0.3 is 5.32 Å². The number of anilines is 1. The standard InChI is InChI=1S/C17H13ClFN5O/c18-11-6-14(16(20-8-11)9-1-2-9)22-15(25)4-3-13-12(19)5-10-7-21-24-17(10)23-13/h3-9H,1-2H2,(H,22,25)(H,21,23,24)/b4-3+. The van der Waals surface area contributed by atoms with Crippen LogP contribution in [0.3, 0.4) is 0 Å². The predicted molar refractivity (Wildman–Crippen MR) is 92.7 cm³/mol. The Bertz CT molecular complexity index is 996. The molecule has 1 amide bonds. The molecule has 1 aliphatic carbocycles. The van der Waals surface area contributed by atoms with Crippen molar-refractivity contribution in [2.24, 2.45) is 0 Å². The summed E-state index contributed by atoms with van der Waals surface area (Å²) in [5, 5.41) is 10.2. The molecule has 4 rings (SSSR count). The maximum Gasteiger partial charge on any atom is 0.248 e. The zero-order valence-electron chi connectivity index (χ0n) is 13.0. The Balaban J connectivity index is 1.54. The number of H-pyrrole nitrogens is 1. The number of nitrogens with zero attached hydrogens (tertiary/aromatic N) is 3. The summed E-state index contributed by atoms with van der Waals surface area (Å²) in [4.78, 5) is 20.6. The third-order valence-electron chi connectivity index (χ3n) is 3.91. The van der Waals surface area contributed by atoms with E-state index in [4.69, 9.17) is 11.6 Å². The molecular weight excluding hydrogens is 345 g/mol. The Morgan fingerprint density at radius 3 is 3.00 bits per heavy atom. The molecule has 0 aliphatic heterocycles. The van der Waals surface area contributed by atoms with Gasteiger partial charge in [-0.25, -0.2) is 9.37 Å². The van der Waals surface area contributed by atoms with Crippen molar-refractivity contribution in [3.05, 3.63) is 52.8 Å². The lowest BCUT2D eigenvalue weighted by Crippen LogP contribution is -2.10. The highest BCUT2D eigenvalue weighted by Crippen LogP contribution is 2.42. The normalized spacial score (nSPS) is 14.3. The monoisotopic (exact) mass is 357 g/mol. The molecule has 0 spiro atoms. The highest BCUT2D eigenvalue weighted by Gasteiger charge is 2.28. The summed E-state index contributed by atoms with van der Waals surface area (Å²) in [6.07, 6.45) is 7.70. The summed E-state index contributed by atoms with van der Waals surface area (Å²) in [6.45, 7) is 0. The Hall–Kier alpha value is -2.80. The number of carbonyl (C=O) groups excluding carboxylic acids is 1. The van der Waals surface area contributed by atoms with Gasteiger partial charge in [-0.05, 0) is 31.1 Å². The van der Waals surface area contributed by atoms with E-state index in [1.165, 1.54) is 24.4 Å². The number of aromatic amines is 1. The van der Waals surface area contributed by atoms with Crippen molar-refractivity contribution in [3.63, 3.8) is 0 Å². The smallest absolute Gasteiger partial charge is 0.248 e. The van der Waals surface area contributed by atoms with Crippen molar-refractivity contribution in [1.29, 1.82) is 0 Å². The number of pyridine rings is 2. The van der Waals surface area contributed by atoms with Crippen LogP contribution < -0.4 is 5.32 Å². The maximum absolute atomic E-state index is 14.0. The van der Waals surface area contributed by atoms with Gasteiger partial charge >= 0.3 is 0 Å². The number of hydrogen-bond donors (Lipinski definition) is 2. The molecule has 126 valence electrons. The number of nitrogens with one attached hydrogen (secondary N) is 2. The highest BCUT2D eigenvalue weighted by molar-refractivity contribution is 6.30. The lowest BCUT2D eigenvalue weighted by atomic mass is 10.2. The fourth-order valence-electron chi connectivity index (χ4n) is 2.55. The van der Waals surface area contributed by atoms with Crippen LogP contribution in [0.1, 0.15) is 30.1 Å². The lowest BCUT2D eigenvalue weighted by molar-refractivity contribution is -0.111. The minimum Gasteiger partial charge on any atom is -0.321 e. The molecule has 2 N–H and O–H groups in total. The molecule has 6 nitrogen and oxygen atoms in total. The van der Waals surface area contributed by atoms with Crippen LogP contribution in [-0.4, -0.2) is 26.1 Å². The number of rotatable bonds is 4. The second-order valence-corrected chi connectivity index (χ2v) is 6.28. The second kappa shape index (κ2) is 6.25. The summed E-state index contributed by atoms with van der Waals surface area (Å²) < 4.78 is 14.0. The maximum atomic E-state index is 14.0. The molecule has 3 aromatic heterocycles. The second-order valence-electron chi connectivity index (χ2n) is 5.85. The van der Waals surface area contributed by atoms with E-state index in [1.807, 2.05) is 0 Å². The molecule has 0 aromatic carbocycles. The number of halogens is 2. The van der Waals surface area contributed by atoms with E-state index in [-0.39, 0.29) is 5.69 Å². The van der Waals surface area contributed by atoms with Gasteiger partial charge in [0.2, 0.25) is 5.91 Å². The van der Waals surface area contributed by atoms with E-state index in [9.17, 15) is 9.18 Å². The summed E-state index contributed by atoms with van der Waals surface area (Å²) in [5.74, 6) is -0.573. The van der Waals surface area contributed by atoms with Crippen molar-refractivity contribution in [2.45, 2.75) is 18.8 Å². The fourth-order valence-corrected chi connectivity index (χ4v) is 2.70. The minimum absolute atomic E-state index is 0.0542. The van der Waals surface area contributed by atoms with Gasteiger partial charge in [-0.2, -0.15) is 5.10 Å². The van der Waals surface area contributed by atoms with Gasteiger partial charge in [-0.1, -0.05) is 11.6 Å². The Morgan fingerprint density at radius 2 is 2.20 bits per heavy atom. The van der Waals surface area contributed by atoms with Crippen LogP contribution in [0.15, 0.2) is 30.6 Å². The fraction of sp³-hybridized carbons (Fsp3) is 0.176. The molecular formula is C17H13ClFN5O. The molecule has 1 saturated carbocycles. The van der Waals surface area contributed by atoms with E-state index in [0.717, 1.165) is 18.5 Å². The van der Waals surface area contributed by atoms with E-state index < -0.39 is 11.7 Å². The topological polar surface area (TPSA) is 83.6 Å². The van der Waals surface area contributed by atoms with Crippen LogP contribution in [-0.2, 0) is 4.79 Å². The molecule has 0 unspecified atom stereocenters. The van der Waals surface area contributed by atoms with Crippen LogP contribution in [0.25, 0.3) is 17.1 Å². The van der Waals surface area contributed by atoms with Crippen LogP contribution in [0.2, 0.25) is 5.02 Å². The summed E-state index contributed by atoms with van der Waals surface area (Å²) in [6, 6.07) is 2.99. The third-order valence-corrected chi connectivity index (χ3v) is 4.11. The minimum atomic E-state index is -0.527. The first-order valence-electron chi connectivity index (χ1n) is 7.74. The number of amides is 1. The number of carbonyl (C=O) groups is 1. The molecule has 3 aromatic rings. The SMILES string of the molecule is O=C(/C=C/c1nc2[nH]ncc2cc1F)Nc1cc(Cl)cnc1C1CC1. The van der Waals surface area contributed by atoms with Crippen LogP contribution in [0.4, 0.5) is 10.1 Å². The molecule has 0 radical (unpaired) electrons. The van der Waals surface area contributed by atoms with Gasteiger partial charge in [-0.3, -0.25) is 14.9 Å². The van der Waals surface area contributed by atoms with Crippen LogP contribution in [0, 0.1) is 5.82 Å². The van der Waals surface area contributed by atoms with E-state index in [1.54, 1.807) is 12.3 Å². The van der Waals surface area contributed by atoms with Crippen LogP contribution >= 0.6 is 11.6 Å². The first-order chi connectivity index (χ1) is 12.1. The zero-order valence-corrected chi connectivity index (χ0v) is 13.7. The van der Waals surface area contributed by atoms with Crippen molar-refractivity contribution in [3.8, 4) is 0 Å². The van der Waals surface area contributed by atoms with Gasteiger partial charge in [0.1, 0.15) is 11.5 Å². The largest absolute Gasteiger partial charge is 0.321 e. The quantitative estimate of drug-likeness (QED) is 0.698. The van der Waals surface area contributed by atoms with Gasteiger partial charge in [0, 0.05) is 23.6 Å². The van der Waals surface area contributed by atoms with Crippen molar-refractivity contribution in [2.75, 3.05) is 5.32 Å². The van der Waals surface area contributed by atoms with Gasteiger partial charge in [0.25, 0.3) is 0 Å². The molecule has 8 heteroatoms. The third kappa shape index (κ3) is 3.36. The van der Waals surface area contributed by atoms with E-state index in [2.05, 4.69) is 25.5 Å². The predicted octanol–water partition coefficient (Wildman–Crippen LogP) is 3.67. The molecule has 1 fully saturated rings. The molecule has 0 saturated heterocycles. The molecule has 0 bridgehead atoms. The summed E-state index contributed by atoms with van der Waals surface area (Å²) >= 11 is 5.96. The molecule has 3 heterocycles. The van der Waals surface area contributed by atoms with Crippen molar-refractivity contribution >= 4 is 40.3 Å². The number of fused-ring (bicyclic) bond motifs is 1. The Morgan fingerprint density at radius 1 is 1.36 bits per heavy atom.